The maximum absolute atomic E-state index is 12.3. The van der Waals surface area contributed by atoms with E-state index in [1.165, 1.54) is 28.3 Å². The quantitative estimate of drug-likeness (QED) is 0.531. The molecule has 1 fully saturated rings. The summed E-state index contributed by atoms with van der Waals surface area (Å²) in [6.07, 6.45) is 4.45. The van der Waals surface area contributed by atoms with E-state index < -0.39 is 0 Å². The van der Waals surface area contributed by atoms with E-state index in [1.807, 2.05) is 12.1 Å². The summed E-state index contributed by atoms with van der Waals surface area (Å²) in [5.41, 5.74) is 1.34. The number of hydrogen-bond acceptors (Lipinski definition) is 2. The van der Waals surface area contributed by atoms with Crippen LogP contribution >= 0.6 is 27.7 Å². The molecule has 0 bridgehead atoms. The Bertz CT molecular complexity index is 701. The molecule has 0 spiro atoms. The lowest BCUT2D eigenvalue weighted by Gasteiger charge is -2.21. The van der Waals surface area contributed by atoms with Gasteiger partial charge in [-0.1, -0.05) is 15.9 Å². The molecule has 1 aliphatic heterocycles. The van der Waals surface area contributed by atoms with Gasteiger partial charge in [0, 0.05) is 47.8 Å². The predicted octanol–water partition coefficient (Wildman–Crippen LogP) is 2.42. The predicted molar refractivity (Wildman–Crippen MR) is 106 cm³/mol. The molecule has 6 heteroatoms. The number of rotatable bonds is 7. The Balaban J connectivity index is 1.41. The number of hydrogen-bond donors (Lipinski definition) is 2. The molecule has 134 valence electrons. The van der Waals surface area contributed by atoms with Gasteiger partial charge in [0.25, 0.3) is 5.91 Å². The Hall–Kier alpha value is -1.24. The Labute approximate surface area is 162 Å². The molecule has 1 aliphatic rings. The third-order valence-corrected chi connectivity index (χ3v) is 6.26. The van der Waals surface area contributed by atoms with Gasteiger partial charge in [-0.15, -0.1) is 11.8 Å². The van der Waals surface area contributed by atoms with Crippen molar-refractivity contribution in [3.8, 4) is 0 Å². The van der Waals surface area contributed by atoms with Crippen LogP contribution < -0.4 is 10.2 Å². The van der Waals surface area contributed by atoms with Crippen LogP contribution in [0.5, 0.6) is 0 Å². The van der Waals surface area contributed by atoms with Gasteiger partial charge in [0.15, 0.2) is 6.54 Å². The summed E-state index contributed by atoms with van der Waals surface area (Å²) < 4.78 is 3.27. The van der Waals surface area contributed by atoms with Gasteiger partial charge in [0.05, 0.1) is 12.2 Å². The van der Waals surface area contributed by atoms with Gasteiger partial charge >= 0.3 is 0 Å². The lowest BCUT2D eigenvalue weighted by atomic mass is 10.1. The lowest BCUT2D eigenvalue weighted by Crippen LogP contribution is -3.11. The highest BCUT2D eigenvalue weighted by molar-refractivity contribution is 9.10. The number of nitrogens with one attached hydrogen (secondary N) is 2. The number of likely N-dealkylation sites (tertiary alicyclic amines) is 1. The number of carbonyl (C=O) groups is 1. The molecule has 1 unspecified atom stereocenters. The van der Waals surface area contributed by atoms with Crippen LogP contribution in [-0.2, 0) is 11.8 Å². The van der Waals surface area contributed by atoms with E-state index in [0.29, 0.717) is 19.1 Å². The van der Waals surface area contributed by atoms with Crippen molar-refractivity contribution in [2.75, 3.05) is 25.4 Å². The molecule has 1 aromatic carbocycles. The largest absolute Gasteiger partial charge is 0.350 e. The number of halogens is 1. The summed E-state index contributed by atoms with van der Waals surface area (Å²) in [5.74, 6) is 1.05. The SMILES string of the molecule is Cn1cccc1[C@@H]1CCC[NH+]1CC(=O)NCCSc1ccc(Br)cc1. The molecule has 4 nitrogen and oxygen atoms in total. The second-order valence-corrected chi connectivity index (χ2v) is 8.56. The zero-order valence-electron chi connectivity index (χ0n) is 14.5. The molecule has 3 rings (SSSR count). The third-order valence-electron chi connectivity index (χ3n) is 4.72. The van der Waals surface area contributed by atoms with Crippen LogP contribution in [-0.4, -0.2) is 35.9 Å². The topological polar surface area (TPSA) is 38.5 Å². The second kappa shape index (κ2) is 8.92. The van der Waals surface area contributed by atoms with Crippen LogP contribution in [0.25, 0.3) is 0 Å². The van der Waals surface area contributed by atoms with Gasteiger partial charge in [0.2, 0.25) is 0 Å². The van der Waals surface area contributed by atoms with Gasteiger partial charge in [-0.25, -0.2) is 0 Å². The number of quaternary nitrogens is 1. The monoisotopic (exact) mass is 422 g/mol. The van der Waals surface area contributed by atoms with Crippen LogP contribution in [0.2, 0.25) is 0 Å². The Morgan fingerprint density at radius 3 is 2.88 bits per heavy atom. The maximum atomic E-state index is 12.3. The van der Waals surface area contributed by atoms with Crippen molar-refractivity contribution < 1.29 is 9.69 Å². The summed E-state index contributed by atoms with van der Waals surface area (Å²) >= 11 is 5.21. The first-order valence-corrected chi connectivity index (χ1v) is 10.5. The molecule has 0 aliphatic carbocycles. The fourth-order valence-corrected chi connectivity index (χ4v) is 4.51. The molecular weight excluding hydrogens is 398 g/mol. The first-order chi connectivity index (χ1) is 12.1. The standard InChI is InChI=1S/C19H24BrN3OS/c1-22-11-2-4-17(22)18-5-3-12-23(18)14-19(24)21-10-13-25-16-8-6-15(20)7-9-16/h2,4,6-9,11,18H,3,5,10,12-14H2,1H3,(H,21,24)/p+1/t18-/m0/s1. The van der Waals surface area contributed by atoms with Crippen LogP contribution in [0.3, 0.4) is 0 Å². The maximum Gasteiger partial charge on any atom is 0.275 e. The van der Waals surface area contributed by atoms with E-state index in [1.54, 1.807) is 11.8 Å². The molecule has 1 saturated heterocycles. The van der Waals surface area contributed by atoms with E-state index in [0.717, 1.165) is 16.8 Å². The Morgan fingerprint density at radius 1 is 1.36 bits per heavy atom. The fourth-order valence-electron chi connectivity index (χ4n) is 3.48. The zero-order chi connectivity index (χ0) is 17.6. The highest BCUT2D eigenvalue weighted by Crippen LogP contribution is 2.20. The third kappa shape index (κ3) is 5.12. The number of benzene rings is 1. The molecule has 2 aromatic rings. The highest BCUT2D eigenvalue weighted by atomic mass is 79.9. The number of carbonyl (C=O) groups excluding carboxylic acids is 1. The molecule has 1 amide bonds. The van der Waals surface area contributed by atoms with Crippen LogP contribution in [0, 0.1) is 0 Å². The van der Waals surface area contributed by atoms with Gasteiger partial charge in [0.1, 0.15) is 6.04 Å². The minimum Gasteiger partial charge on any atom is -0.350 e. The van der Waals surface area contributed by atoms with Crippen molar-refractivity contribution in [3.05, 3.63) is 52.8 Å². The normalized spacial score (nSPS) is 19.9. The average Bonchev–Trinajstić information content (AvgIpc) is 3.21. The summed E-state index contributed by atoms with van der Waals surface area (Å²) in [7, 11) is 2.09. The lowest BCUT2D eigenvalue weighted by molar-refractivity contribution is -0.911. The van der Waals surface area contributed by atoms with Crippen LogP contribution in [0.15, 0.2) is 52.0 Å². The number of nitrogens with zero attached hydrogens (tertiary/aromatic N) is 1. The minimum atomic E-state index is 0.160. The number of aryl methyl sites for hydroxylation is 1. The molecule has 2 heterocycles. The van der Waals surface area contributed by atoms with Crippen molar-refractivity contribution in [1.82, 2.24) is 9.88 Å². The number of thioether (sulfide) groups is 1. The Morgan fingerprint density at radius 2 is 2.16 bits per heavy atom. The molecule has 0 radical (unpaired) electrons. The van der Waals surface area contributed by atoms with Crippen molar-refractivity contribution >= 4 is 33.6 Å². The van der Waals surface area contributed by atoms with Crippen molar-refractivity contribution in [1.29, 1.82) is 0 Å². The van der Waals surface area contributed by atoms with Crippen molar-refractivity contribution in [3.63, 3.8) is 0 Å². The molecular formula is C19H25BrN3OS+. The summed E-state index contributed by atoms with van der Waals surface area (Å²) in [6, 6.07) is 13.0. The first kappa shape index (κ1) is 18.5. The van der Waals surface area contributed by atoms with Crippen LogP contribution in [0.1, 0.15) is 24.6 Å². The second-order valence-electron chi connectivity index (χ2n) is 6.48. The molecule has 1 aromatic heterocycles. The molecule has 2 N–H and O–H groups in total. The van der Waals surface area contributed by atoms with E-state index in [2.05, 4.69) is 63.3 Å². The summed E-state index contributed by atoms with van der Waals surface area (Å²) in [5, 5.41) is 3.07. The fraction of sp³-hybridized carbons (Fsp3) is 0.421. The Kier molecular flexibility index (Phi) is 6.62. The van der Waals surface area contributed by atoms with Gasteiger partial charge in [-0.05, 0) is 36.4 Å². The first-order valence-electron chi connectivity index (χ1n) is 8.74. The minimum absolute atomic E-state index is 0.160. The summed E-state index contributed by atoms with van der Waals surface area (Å²) in [4.78, 5) is 14.9. The number of amides is 1. The average molecular weight is 423 g/mol. The van der Waals surface area contributed by atoms with E-state index in [9.17, 15) is 4.79 Å². The van der Waals surface area contributed by atoms with E-state index in [4.69, 9.17) is 0 Å². The van der Waals surface area contributed by atoms with Crippen molar-refractivity contribution in [2.45, 2.75) is 23.8 Å². The van der Waals surface area contributed by atoms with E-state index >= 15 is 0 Å². The molecule has 0 saturated carbocycles. The molecule has 25 heavy (non-hydrogen) atoms. The zero-order valence-corrected chi connectivity index (χ0v) is 16.9. The van der Waals surface area contributed by atoms with E-state index in [-0.39, 0.29) is 5.91 Å². The van der Waals surface area contributed by atoms with Gasteiger partial charge in [-0.2, -0.15) is 0 Å². The van der Waals surface area contributed by atoms with Gasteiger partial charge < -0.3 is 14.8 Å². The summed E-state index contributed by atoms with van der Waals surface area (Å²) in [6.45, 7) is 2.36. The van der Waals surface area contributed by atoms with Gasteiger partial charge in [-0.3, -0.25) is 4.79 Å². The highest BCUT2D eigenvalue weighted by Gasteiger charge is 2.32. The van der Waals surface area contributed by atoms with Crippen LogP contribution in [0.4, 0.5) is 0 Å². The number of aromatic nitrogens is 1. The van der Waals surface area contributed by atoms with Crippen molar-refractivity contribution in [2.24, 2.45) is 7.05 Å². The molecule has 2 atom stereocenters. The smallest absolute Gasteiger partial charge is 0.275 e.